The van der Waals surface area contributed by atoms with Crippen LogP contribution in [0.1, 0.15) is 23.4 Å². The number of anilines is 1. The summed E-state index contributed by atoms with van der Waals surface area (Å²) in [6, 6.07) is 5.46. The standard InChI is InChI=1S/C20H20FN5O5S3/c21-16-11-23-20(33-16)24-19(27)18(25-31-12-17-22-7-10-32-17)13-1-3-15(4-2-13)34(28,29)26-14-5-8-30-9-6-14/h1-4,7,10-11,14,26H,5-6,8-9,12H2,(H,23,24,27). The summed E-state index contributed by atoms with van der Waals surface area (Å²) in [6.45, 7) is 1.05. The van der Waals surface area contributed by atoms with E-state index in [0.29, 0.717) is 48.0 Å². The Labute approximate surface area is 202 Å². The van der Waals surface area contributed by atoms with Gasteiger partial charge in [-0.05, 0) is 25.0 Å². The van der Waals surface area contributed by atoms with Gasteiger partial charge in [-0.1, -0.05) is 28.6 Å². The van der Waals surface area contributed by atoms with Crippen molar-refractivity contribution in [3.63, 3.8) is 0 Å². The molecule has 3 heterocycles. The summed E-state index contributed by atoms with van der Waals surface area (Å²) in [5.74, 6) is -0.690. The quantitative estimate of drug-likeness (QED) is 0.324. The average molecular weight is 526 g/mol. The summed E-state index contributed by atoms with van der Waals surface area (Å²) in [5.41, 5.74) is 0.173. The van der Waals surface area contributed by atoms with E-state index in [1.54, 1.807) is 11.6 Å². The first-order valence-corrected chi connectivity index (χ1v) is 13.3. The van der Waals surface area contributed by atoms with Crippen LogP contribution < -0.4 is 10.0 Å². The zero-order valence-electron chi connectivity index (χ0n) is 17.6. The molecule has 0 unspecified atom stereocenters. The highest BCUT2D eigenvalue weighted by Crippen LogP contribution is 2.18. The number of aromatic nitrogens is 2. The molecule has 4 rings (SSSR count). The van der Waals surface area contributed by atoms with Crippen molar-refractivity contribution in [1.82, 2.24) is 14.7 Å². The number of nitrogens with zero attached hydrogens (tertiary/aromatic N) is 3. The SMILES string of the molecule is O=C(Nc1ncc(F)s1)C(=NOCc1nccs1)c1ccc(S(=O)(=O)NC2CCOCC2)cc1. The van der Waals surface area contributed by atoms with Crippen LogP contribution in [0.5, 0.6) is 0 Å². The number of nitrogens with one attached hydrogen (secondary N) is 2. The van der Waals surface area contributed by atoms with Crippen molar-refractivity contribution in [3.8, 4) is 0 Å². The van der Waals surface area contributed by atoms with Gasteiger partial charge in [0.05, 0.1) is 11.1 Å². The Morgan fingerprint density at radius 1 is 1.24 bits per heavy atom. The van der Waals surface area contributed by atoms with Crippen molar-refractivity contribution < 1.29 is 27.2 Å². The van der Waals surface area contributed by atoms with Gasteiger partial charge in [0.15, 0.2) is 22.6 Å². The highest BCUT2D eigenvalue weighted by atomic mass is 32.2. The van der Waals surface area contributed by atoms with Crippen LogP contribution in [0.25, 0.3) is 0 Å². The number of sulfonamides is 1. The second kappa shape index (κ2) is 11.1. The number of thiazole rings is 2. The van der Waals surface area contributed by atoms with Gasteiger partial charge in [-0.2, -0.15) is 4.39 Å². The lowest BCUT2D eigenvalue weighted by molar-refractivity contribution is -0.110. The first kappa shape index (κ1) is 24.3. The average Bonchev–Trinajstić information content (AvgIpc) is 3.49. The molecule has 1 aliphatic heterocycles. The molecule has 34 heavy (non-hydrogen) atoms. The third-order valence-corrected chi connectivity index (χ3v) is 7.71. The Bertz CT molecular complexity index is 1240. The van der Waals surface area contributed by atoms with Crippen molar-refractivity contribution in [2.24, 2.45) is 5.16 Å². The van der Waals surface area contributed by atoms with Crippen molar-refractivity contribution in [2.75, 3.05) is 18.5 Å². The minimum Gasteiger partial charge on any atom is -0.388 e. The van der Waals surface area contributed by atoms with E-state index in [0.717, 1.165) is 6.20 Å². The lowest BCUT2D eigenvalue weighted by Crippen LogP contribution is -2.38. The number of halogens is 1. The summed E-state index contributed by atoms with van der Waals surface area (Å²) in [7, 11) is -3.75. The number of rotatable bonds is 9. The molecule has 3 aromatic rings. The largest absolute Gasteiger partial charge is 0.388 e. The molecular weight excluding hydrogens is 505 g/mol. The van der Waals surface area contributed by atoms with Gasteiger partial charge >= 0.3 is 0 Å². The fourth-order valence-electron chi connectivity index (χ4n) is 3.06. The Balaban J connectivity index is 1.52. The Kier molecular flexibility index (Phi) is 7.95. The molecule has 1 aromatic carbocycles. The molecule has 0 atom stereocenters. The zero-order valence-corrected chi connectivity index (χ0v) is 20.1. The van der Waals surface area contributed by atoms with Crippen molar-refractivity contribution >= 4 is 49.4 Å². The van der Waals surface area contributed by atoms with Gasteiger partial charge in [0.2, 0.25) is 10.0 Å². The van der Waals surface area contributed by atoms with Gasteiger partial charge in [-0.25, -0.2) is 23.1 Å². The number of hydrogen-bond donors (Lipinski definition) is 2. The van der Waals surface area contributed by atoms with Crippen molar-refractivity contribution in [3.05, 3.63) is 57.7 Å². The number of benzene rings is 1. The van der Waals surface area contributed by atoms with Crippen LogP contribution in [0.2, 0.25) is 0 Å². The van der Waals surface area contributed by atoms with Gasteiger partial charge in [-0.15, -0.1) is 11.3 Å². The smallest absolute Gasteiger partial charge is 0.280 e. The third kappa shape index (κ3) is 6.42. The number of hydrogen-bond acceptors (Lipinski definition) is 10. The van der Waals surface area contributed by atoms with Crippen LogP contribution in [0.15, 0.2) is 52.1 Å². The highest BCUT2D eigenvalue weighted by Gasteiger charge is 2.23. The lowest BCUT2D eigenvalue weighted by Gasteiger charge is -2.23. The second-order valence-electron chi connectivity index (χ2n) is 7.10. The summed E-state index contributed by atoms with van der Waals surface area (Å²) in [4.78, 5) is 26.0. The van der Waals surface area contributed by atoms with Crippen LogP contribution in [0.3, 0.4) is 0 Å². The minimum atomic E-state index is -3.75. The first-order valence-electron chi connectivity index (χ1n) is 10.1. The molecule has 14 heteroatoms. The van der Waals surface area contributed by atoms with E-state index in [9.17, 15) is 17.6 Å². The van der Waals surface area contributed by atoms with Crippen LogP contribution in [0.4, 0.5) is 9.52 Å². The summed E-state index contributed by atoms with van der Waals surface area (Å²) in [6.07, 6.45) is 3.80. The molecule has 0 radical (unpaired) electrons. The van der Waals surface area contributed by atoms with E-state index in [1.807, 2.05) is 0 Å². The molecular formula is C20H20FN5O5S3. The van der Waals surface area contributed by atoms with E-state index >= 15 is 0 Å². The molecule has 1 aliphatic rings. The molecule has 1 amide bonds. The maximum Gasteiger partial charge on any atom is 0.280 e. The molecule has 0 aliphatic carbocycles. The topological polar surface area (TPSA) is 132 Å². The van der Waals surface area contributed by atoms with Gasteiger partial charge in [-0.3, -0.25) is 10.1 Å². The number of ether oxygens (including phenoxy) is 1. The Morgan fingerprint density at radius 2 is 2.00 bits per heavy atom. The van der Waals surface area contributed by atoms with Gasteiger partial charge in [0.1, 0.15) is 5.01 Å². The van der Waals surface area contributed by atoms with Crippen LogP contribution >= 0.6 is 22.7 Å². The minimum absolute atomic E-state index is 0.0435. The number of carbonyl (C=O) groups is 1. The third-order valence-electron chi connectivity index (χ3n) is 4.72. The Morgan fingerprint density at radius 3 is 2.65 bits per heavy atom. The van der Waals surface area contributed by atoms with Gasteiger partial charge in [0.25, 0.3) is 5.91 Å². The molecule has 2 aromatic heterocycles. The van der Waals surface area contributed by atoms with Crippen LogP contribution in [-0.4, -0.2) is 49.3 Å². The van der Waals surface area contributed by atoms with Gasteiger partial charge < -0.3 is 9.57 Å². The summed E-state index contributed by atoms with van der Waals surface area (Å²) >= 11 is 2.03. The van der Waals surface area contributed by atoms with E-state index in [1.165, 1.54) is 35.6 Å². The highest BCUT2D eigenvalue weighted by molar-refractivity contribution is 7.89. The lowest BCUT2D eigenvalue weighted by atomic mass is 10.1. The molecule has 1 fully saturated rings. The fraction of sp³-hybridized carbons (Fsp3) is 0.300. The molecule has 180 valence electrons. The normalized spacial score (nSPS) is 15.3. The maximum absolute atomic E-state index is 13.3. The number of oxime groups is 1. The van der Waals surface area contributed by atoms with Crippen LogP contribution in [0, 0.1) is 5.13 Å². The molecule has 1 saturated heterocycles. The maximum atomic E-state index is 13.3. The predicted octanol–water partition coefficient (Wildman–Crippen LogP) is 2.76. The van der Waals surface area contributed by atoms with Crippen molar-refractivity contribution in [2.45, 2.75) is 30.4 Å². The van der Waals surface area contributed by atoms with E-state index in [4.69, 9.17) is 9.57 Å². The fourth-order valence-corrected chi connectivity index (χ4v) is 5.43. The van der Waals surface area contributed by atoms with Gasteiger partial charge in [0, 0.05) is 36.4 Å². The summed E-state index contributed by atoms with van der Waals surface area (Å²) in [5, 5.41) is 8.33. The van der Waals surface area contributed by atoms with E-state index in [2.05, 4.69) is 25.2 Å². The molecule has 2 N–H and O–H groups in total. The van der Waals surface area contributed by atoms with E-state index < -0.39 is 21.1 Å². The predicted molar refractivity (Wildman–Crippen MR) is 125 cm³/mol. The monoisotopic (exact) mass is 525 g/mol. The zero-order chi connectivity index (χ0) is 24.0. The first-order chi connectivity index (χ1) is 16.4. The van der Waals surface area contributed by atoms with Crippen LogP contribution in [-0.2, 0) is 31.0 Å². The molecule has 0 spiro atoms. The van der Waals surface area contributed by atoms with E-state index in [-0.39, 0.29) is 28.4 Å². The van der Waals surface area contributed by atoms with Crippen molar-refractivity contribution in [1.29, 1.82) is 0 Å². The molecule has 10 nitrogen and oxygen atoms in total. The second-order valence-corrected chi connectivity index (χ2v) is 10.8. The number of amides is 1. The molecule has 0 bridgehead atoms. The summed E-state index contributed by atoms with van der Waals surface area (Å²) < 4.78 is 46.7. The molecule has 0 saturated carbocycles. The Hall–Kier alpha value is -2.78. The number of carbonyl (C=O) groups excluding carboxylic acids is 1.